The molecule has 1 aromatic rings. The molecule has 1 atom stereocenters. The fourth-order valence-corrected chi connectivity index (χ4v) is 1.74. The summed E-state index contributed by atoms with van der Waals surface area (Å²) < 4.78 is 5.38. The minimum absolute atomic E-state index is 0.0504. The molecule has 0 aliphatic rings. The van der Waals surface area contributed by atoms with Gasteiger partial charge in [-0.05, 0) is 24.6 Å². The third-order valence-corrected chi connectivity index (χ3v) is 2.73. The van der Waals surface area contributed by atoms with Gasteiger partial charge in [0.15, 0.2) is 0 Å². The number of halogens is 1. The van der Waals surface area contributed by atoms with Crippen LogP contribution in [0.15, 0.2) is 18.2 Å². The van der Waals surface area contributed by atoms with E-state index in [1.54, 1.807) is 0 Å². The highest BCUT2D eigenvalue weighted by atomic mass is 35.5. The average Bonchev–Trinajstić information content (AvgIpc) is 2.28. The Morgan fingerprint density at radius 1 is 1.41 bits per heavy atom. The molecule has 4 heteroatoms. The lowest BCUT2D eigenvalue weighted by Gasteiger charge is -2.16. The van der Waals surface area contributed by atoms with E-state index in [9.17, 15) is 0 Å². The van der Waals surface area contributed by atoms with Gasteiger partial charge in [-0.15, -0.1) is 0 Å². The molecule has 1 rings (SSSR count). The normalized spacial score (nSPS) is 12.8. The van der Waals surface area contributed by atoms with Crippen molar-refractivity contribution in [1.82, 2.24) is 5.32 Å². The quantitative estimate of drug-likeness (QED) is 0.823. The molecule has 0 fully saturated rings. The second-order valence-electron chi connectivity index (χ2n) is 4.29. The maximum Gasteiger partial charge on any atom is 0.137 e. The third kappa shape index (κ3) is 4.54. The molecule has 1 aromatic carbocycles. The van der Waals surface area contributed by atoms with Gasteiger partial charge in [-0.2, -0.15) is 0 Å². The van der Waals surface area contributed by atoms with Crippen molar-refractivity contribution < 1.29 is 4.74 Å². The molecule has 0 aromatic heterocycles. The number of ether oxygens (including phenoxy) is 1. The summed E-state index contributed by atoms with van der Waals surface area (Å²) in [5, 5.41) is 3.92. The molecule has 1 unspecified atom stereocenters. The topological polar surface area (TPSA) is 47.3 Å². The molecule has 0 bridgehead atoms. The summed E-state index contributed by atoms with van der Waals surface area (Å²) in [5.74, 6) is 0.710. The van der Waals surface area contributed by atoms with Gasteiger partial charge >= 0.3 is 0 Å². The van der Waals surface area contributed by atoms with Crippen LogP contribution in [0.4, 0.5) is 0 Å². The van der Waals surface area contributed by atoms with Crippen LogP contribution in [-0.4, -0.2) is 19.2 Å². The molecule has 0 aliphatic carbocycles. The Morgan fingerprint density at radius 2 is 2.12 bits per heavy atom. The number of benzene rings is 1. The van der Waals surface area contributed by atoms with Crippen molar-refractivity contribution in [3.05, 3.63) is 28.8 Å². The van der Waals surface area contributed by atoms with Crippen molar-refractivity contribution in [1.29, 1.82) is 0 Å². The van der Waals surface area contributed by atoms with Gasteiger partial charge in [-0.25, -0.2) is 0 Å². The smallest absolute Gasteiger partial charge is 0.137 e. The van der Waals surface area contributed by atoms with Crippen LogP contribution in [-0.2, 0) is 0 Å². The van der Waals surface area contributed by atoms with Crippen LogP contribution in [0, 0.1) is 0 Å². The molecule has 0 spiro atoms. The molecule has 3 nitrogen and oxygen atoms in total. The summed E-state index contributed by atoms with van der Waals surface area (Å²) in [6.07, 6.45) is 0. The maximum absolute atomic E-state index is 6.11. The van der Waals surface area contributed by atoms with E-state index in [0.29, 0.717) is 23.4 Å². The van der Waals surface area contributed by atoms with Crippen LogP contribution in [0.3, 0.4) is 0 Å². The molecule has 0 heterocycles. The first-order valence-corrected chi connectivity index (χ1v) is 6.33. The van der Waals surface area contributed by atoms with Gasteiger partial charge in [0.2, 0.25) is 0 Å². The summed E-state index contributed by atoms with van der Waals surface area (Å²) >= 11 is 6.11. The standard InChI is InChI=1S/C13H21ClN2O/c1-4-17-13-6-5-10(7-11(13)14)12(15)8-16-9(2)3/h5-7,9,12,16H,4,8,15H2,1-3H3. The van der Waals surface area contributed by atoms with Gasteiger partial charge in [0.25, 0.3) is 0 Å². The van der Waals surface area contributed by atoms with Crippen molar-refractivity contribution in [2.75, 3.05) is 13.2 Å². The van der Waals surface area contributed by atoms with E-state index >= 15 is 0 Å². The van der Waals surface area contributed by atoms with Crippen LogP contribution in [0.5, 0.6) is 5.75 Å². The second-order valence-corrected chi connectivity index (χ2v) is 4.70. The molecule has 3 N–H and O–H groups in total. The van der Waals surface area contributed by atoms with E-state index in [0.717, 1.165) is 12.1 Å². The van der Waals surface area contributed by atoms with Crippen LogP contribution >= 0.6 is 11.6 Å². The fourth-order valence-electron chi connectivity index (χ4n) is 1.50. The van der Waals surface area contributed by atoms with Gasteiger partial charge in [0.1, 0.15) is 5.75 Å². The van der Waals surface area contributed by atoms with Crippen molar-refractivity contribution >= 4 is 11.6 Å². The van der Waals surface area contributed by atoms with Crippen LogP contribution in [0.25, 0.3) is 0 Å². The Labute approximate surface area is 108 Å². The largest absolute Gasteiger partial charge is 0.492 e. The van der Waals surface area contributed by atoms with E-state index in [-0.39, 0.29) is 6.04 Å². The lowest BCUT2D eigenvalue weighted by Crippen LogP contribution is -2.31. The molecular formula is C13H21ClN2O. The zero-order chi connectivity index (χ0) is 12.8. The van der Waals surface area contributed by atoms with Gasteiger partial charge in [0, 0.05) is 18.6 Å². The maximum atomic E-state index is 6.11. The van der Waals surface area contributed by atoms with Gasteiger partial charge < -0.3 is 15.8 Å². The van der Waals surface area contributed by atoms with E-state index in [1.165, 1.54) is 0 Å². The van der Waals surface area contributed by atoms with Crippen molar-refractivity contribution in [3.8, 4) is 5.75 Å². The molecule has 0 saturated carbocycles. The van der Waals surface area contributed by atoms with E-state index < -0.39 is 0 Å². The van der Waals surface area contributed by atoms with E-state index in [2.05, 4.69) is 19.2 Å². The number of hydrogen-bond donors (Lipinski definition) is 2. The predicted octanol–water partition coefficient (Wildman–Crippen LogP) is 2.74. The zero-order valence-corrected chi connectivity index (χ0v) is 11.4. The molecule has 0 radical (unpaired) electrons. The molecule has 0 amide bonds. The third-order valence-electron chi connectivity index (χ3n) is 2.43. The average molecular weight is 257 g/mol. The summed E-state index contributed by atoms with van der Waals surface area (Å²) in [4.78, 5) is 0. The molecule has 0 aliphatic heterocycles. The van der Waals surface area contributed by atoms with Crippen molar-refractivity contribution in [2.24, 2.45) is 5.73 Å². The Morgan fingerprint density at radius 3 is 2.65 bits per heavy atom. The van der Waals surface area contributed by atoms with Gasteiger partial charge in [-0.3, -0.25) is 0 Å². The lowest BCUT2D eigenvalue weighted by molar-refractivity contribution is 0.340. The lowest BCUT2D eigenvalue weighted by atomic mass is 10.1. The van der Waals surface area contributed by atoms with Crippen molar-refractivity contribution in [2.45, 2.75) is 32.9 Å². The summed E-state index contributed by atoms with van der Waals surface area (Å²) in [5.41, 5.74) is 7.09. The van der Waals surface area contributed by atoms with E-state index in [1.807, 2.05) is 25.1 Å². The Hall–Kier alpha value is -0.770. The summed E-state index contributed by atoms with van der Waals surface area (Å²) in [6, 6.07) is 6.09. The highest BCUT2D eigenvalue weighted by Crippen LogP contribution is 2.27. The van der Waals surface area contributed by atoms with Crippen molar-refractivity contribution in [3.63, 3.8) is 0 Å². The first-order chi connectivity index (χ1) is 8.04. The van der Waals surface area contributed by atoms with Crippen LogP contribution in [0.1, 0.15) is 32.4 Å². The Bertz CT molecular complexity index is 355. The van der Waals surface area contributed by atoms with Crippen LogP contribution in [0.2, 0.25) is 5.02 Å². The van der Waals surface area contributed by atoms with Gasteiger partial charge in [0.05, 0.1) is 11.6 Å². The molecule has 96 valence electrons. The zero-order valence-electron chi connectivity index (χ0n) is 10.7. The fraction of sp³-hybridized carbons (Fsp3) is 0.538. The summed E-state index contributed by atoms with van der Waals surface area (Å²) in [7, 11) is 0. The Kier molecular flexibility index (Phi) is 5.75. The number of hydrogen-bond acceptors (Lipinski definition) is 3. The molecular weight excluding hydrogens is 236 g/mol. The summed E-state index contributed by atoms with van der Waals surface area (Å²) in [6.45, 7) is 7.47. The second kappa shape index (κ2) is 6.84. The highest BCUT2D eigenvalue weighted by molar-refractivity contribution is 6.32. The SMILES string of the molecule is CCOc1ccc(C(N)CNC(C)C)cc1Cl. The highest BCUT2D eigenvalue weighted by Gasteiger charge is 2.09. The number of rotatable bonds is 6. The number of nitrogens with two attached hydrogens (primary N) is 1. The van der Waals surface area contributed by atoms with Gasteiger partial charge in [-0.1, -0.05) is 31.5 Å². The Balaban J connectivity index is 2.68. The minimum Gasteiger partial charge on any atom is -0.492 e. The minimum atomic E-state index is -0.0504. The first kappa shape index (κ1) is 14.3. The molecule has 17 heavy (non-hydrogen) atoms. The molecule has 0 saturated heterocycles. The predicted molar refractivity (Wildman–Crippen MR) is 72.7 cm³/mol. The number of nitrogens with one attached hydrogen (secondary N) is 1. The van der Waals surface area contributed by atoms with E-state index in [4.69, 9.17) is 22.1 Å². The first-order valence-electron chi connectivity index (χ1n) is 5.95. The monoisotopic (exact) mass is 256 g/mol. The van der Waals surface area contributed by atoms with Crippen LogP contribution < -0.4 is 15.8 Å².